The van der Waals surface area contributed by atoms with Crippen molar-refractivity contribution in [3.8, 4) is 0 Å². The fourth-order valence-electron chi connectivity index (χ4n) is 1.58. The van der Waals surface area contributed by atoms with E-state index in [2.05, 4.69) is 6.58 Å². The van der Waals surface area contributed by atoms with Crippen LogP contribution in [0.1, 0.15) is 23.7 Å². The van der Waals surface area contributed by atoms with Gasteiger partial charge in [0.25, 0.3) is 5.91 Å². The molecule has 0 heterocycles. The molecule has 0 unspecified atom stereocenters. The Morgan fingerprint density at radius 1 is 1.59 bits per heavy atom. The van der Waals surface area contributed by atoms with E-state index in [9.17, 15) is 4.79 Å². The van der Waals surface area contributed by atoms with Gasteiger partial charge in [0.15, 0.2) is 0 Å². The lowest BCUT2D eigenvalue weighted by Crippen LogP contribution is -2.32. The van der Waals surface area contributed by atoms with Crippen LogP contribution in [0.2, 0.25) is 5.02 Å². The number of carbonyl (C=O) groups is 1. The fraction of sp³-hybridized carbons (Fsp3) is 0.308. The Morgan fingerprint density at radius 2 is 2.29 bits per heavy atom. The maximum atomic E-state index is 12.2. The molecule has 0 atom stereocenters. The molecule has 1 aromatic rings. The predicted octanol–water partition coefficient (Wildman–Crippen LogP) is 2.96. The number of nitrogens with two attached hydrogens (primary N) is 1. The largest absolute Gasteiger partial charge is 0.399 e. The Labute approximate surface area is 107 Å². The monoisotopic (exact) mass is 252 g/mol. The second-order valence-corrected chi connectivity index (χ2v) is 4.19. The van der Waals surface area contributed by atoms with E-state index in [1.807, 2.05) is 6.92 Å². The number of amides is 1. The van der Waals surface area contributed by atoms with Gasteiger partial charge in [0.05, 0.1) is 10.6 Å². The average Bonchev–Trinajstić information content (AvgIpc) is 2.31. The molecule has 0 bridgehead atoms. The van der Waals surface area contributed by atoms with Gasteiger partial charge >= 0.3 is 0 Å². The van der Waals surface area contributed by atoms with Crippen LogP contribution < -0.4 is 5.73 Å². The number of rotatable bonds is 5. The summed E-state index contributed by atoms with van der Waals surface area (Å²) < 4.78 is 0. The minimum atomic E-state index is -0.107. The van der Waals surface area contributed by atoms with Crippen molar-refractivity contribution in [3.05, 3.63) is 41.4 Å². The van der Waals surface area contributed by atoms with Crippen LogP contribution in [-0.2, 0) is 0 Å². The van der Waals surface area contributed by atoms with Crippen LogP contribution in [-0.4, -0.2) is 23.9 Å². The lowest BCUT2D eigenvalue weighted by atomic mass is 10.1. The van der Waals surface area contributed by atoms with Crippen LogP contribution in [0.4, 0.5) is 5.69 Å². The third-order valence-corrected chi connectivity index (χ3v) is 2.68. The number of anilines is 1. The van der Waals surface area contributed by atoms with Crippen molar-refractivity contribution >= 4 is 23.2 Å². The Kier molecular flexibility index (Phi) is 5.04. The molecule has 0 aromatic heterocycles. The lowest BCUT2D eigenvalue weighted by Gasteiger charge is -2.21. The SMILES string of the molecule is C=CCN(CCC)C(=O)c1cc(N)ccc1Cl. The minimum absolute atomic E-state index is 0.107. The summed E-state index contributed by atoms with van der Waals surface area (Å²) in [6, 6.07) is 4.93. The van der Waals surface area contributed by atoms with Crippen molar-refractivity contribution in [3.63, 3.8) is 0 Å². The Bertz CT molecular complexity index is 418. The van der Waals surface area contributed by atoms with E-state index < -0.39 is 0 Å². The normalized spacial score (nSPS) is 10.0. The summed E-state index contributed by atoms with van der Waals surface area (Å²) in [7, 11) is 0. The zero-order valence-electron chi connectivity index (χ0n) is 9.95. The summed E-state index contributed by atoms with van der Waals surface area (Å²) in [5, 5.41) is 0.425. The van der Waals surface area contributed by atoms with E-state index >= 15 is 0 Å². The molecular formula is C13H17ClN2O. The molecule has 92 valence electrons. The Morgan fingerprint density at radius 3 is 2.88 bits per heavy atom. The van der Waals surface area contributed by atoms with Crippen molar-refractivity contribution < 1.29 is 4.79 Å². The third kappa shape index (κ3) is 3.49. The first kappa shape index (κ1) is 13.6. The highest BCUT2D eigenvalue weighted by molar-refractivity contribution is 6.34. The molecule has 1 rings (SSSR count). The number of halogens is 1. The van der Waals surface area contributed by atoms with Crippen molar-refractivity contribution in [2.45, 2.75) is 13.3 Å². The van der Waals surface area contributed by atoms with Crippen LogP contribution in [0, 0.1) is 0 Å². The van der Waals surface area contributed by atoms with Gasteiger partial charge in [-0.1, -0.05) is 24.6 Å². The molecule has 0 aliphatic heterocycles. The van der Waals surface area contributed by atoms with Gasteiger partial charge in [-0.05, 0) is 24.6 Å². The molecule has 2 N–H and O–H groups in total. The topological polar surface area (TPSA) is 46.3 Å². The number of nitrogens with zero attached hydrogens (tertiary/aromatic N) is 1. The summed E-state index contributed by atoms with van der Waals surface area (Å²) in [6.07, 6.45) is 2.59. The number of hydrogen-bond acceptors (Lipinski definition) is 2. The van der Waals surface area contributed by atoms with Crippen molar-refractivity contribution in [2.24, 2.45) is 0 Å². The highest BCUT2D eigenvalue weighted by Crippen LogP contribution is 2.20. The first-order valence-electron chi connectivity index (χ1n) is 5.55. The van der Waals surface area contributed by atoms with Crippen molar-refractivity contribution in [1.82, 2.24) is 4.90 Å². The molecule has 0 spiro atoms. The summed E-state index contributed by atoms with van der Waals surface area (Å²) >= 11 is 6.01. The van der Waals surface area contributed by atoms with E-state index in [-0.39, 0.29) is 5.91 Å². The number of carbonyl (C=O) groups excluding carboxylic acids is 1. The van der Waals surface area contributed by atoms with Crippen LogP contribution in [0.3, 0.4) is 0 Å². The number of benzene rings is 1. The molecule has 0 fully saturated rings. The van der Waals surface area contributed by atoms with Gasteiger partial charge in [-0.3, -0.25) is 4.79 Å². The molecule has 0 saturated carbocycles. The molecule has 0 aliphatic rings. The highest BCUT2D eigenvalue weighted by atomic mass is 35.5. The van der Waals surface area contributed by atoms with E-state index in [0.29, 0.717) is 29.4 Å². The quantitative estimate of drug-likeness (QED) is 0.647. The molecular weight excluding hydrogens is 236 g/mol. The van der Waals surface area contributed by atoms with Crippen molar-refractivity contribution in [2.75, 3.05) is 18.8 Å². The van der Waals surface area contributed by atoms with Gasteiger partial charge in [-0.15, -0.1) is 6.58 Å². The summed E-state index contributed by atoms with van der Waals surface area (Å²) in [5.74, 6) is -0.107. The summed E-state index contributed by atoms with van der Waals surface area (Å²) in [6.45, 7) is 6.85. The maximum Gasteiger partial charge on any atom is 0.255 e. The average molecular weight is 253 g/mol. The third-order valence-electron chi connectivity index (χ3n) is 2.35. The second-order valence-electron chi connectivity index (χ2n) is 3.78. The van der Waals surface area contributed by atoms with Gasteiger partial charge in [-0.25, -0.2) is 0 Å². The zero-order valence-corrected chi connectivity index (χ0v) is 10.7. The maximum absolute atomic E-state index is 12.2. The molecule has 0 saturated heterocycles. The minimum Gasteiger partial charge on any atom is -0.399 e. The van der Waals surface area contributed by atoms with E-state index in [0.717, 1.165) is 6.42 Å². The molecule has 1 amide bonds. The van der Waals surface area contributed by atoms with E-state index in [1.54, 1.807) is 29.2 Å². The van der Waals surface area contributed by atoms with Gasteiger partial charge in [0, 0.05) is 18.8 Å². The zero-order chi connectivity index (χ0) is 12.8. The van der Waals surface area contributed by atoms with Crippen LogP contribution in [0.5, 0.6) is 0 Å². The molecule has 4 heteroatoms. The van der Waals surface area contributed by atoms with Gasteiger partial charge < -0.3 is 10.6 Å². The van der Waals surface area contributed by atoms with Gasteiger partial charge in [0.2, 0.25) is 0 Å². The number of hydrogen-bond donors (Lipinski definition) is 1. The van der Waals surface area contributed by atoms with E-state index in [1.165, 1.54) is 0 Å². The molecule has 17 heavy (non-hydrogen) atoms. The van der Waals surface area contributed by atoms with Crippen molar-refractivity contribution in [1.29, 1.82) is 0 Å². The number of nitrogen functional groups attached to an aromatic ring is 1. The summed E-state index contributed by atoms with van der Waals surface area (Å²) in [5.41, 5.74) is 6.65. The molecule has 3 nitrogen and oxygen atoms in total. The Hall–Kier alpha value is -1.48. The molecule has 0 radical (unpaired) electrons. The first-order chi connectivity index (χ1) is 8.10. The standard InChI is InChI=1S/C13H17ClN2O/c1-3-7-16(8-4-2)13(17)11-9-10(15)5-6-12(11)14/h3,5-6,9H,1,4,7-8,15H2,2H3. The second kappa shape index (κ2) is 6.30. The molecule has 1 aromatic carbocycles. The summed E-state index contributed by atoms with van der Waals surface area (Å²) in [4.78, 5) is 13.9. The predicted molar refractivity (Wildman–Crippen MR) is 72.3 cm³/mol. The van der Waals surface area contributed by atoms with Gasteiger partial charge in [0.1, 0.15) is 0 Å². The Balaban J connectivity index is 2.99. The highest BCUT2D eigenvalue weighted by Gasteiger charge is 2.16. The van der Waals surface area contributed by atoms with Gasteiger partial charge in [-0.2, -0.15) is 0 Å². The van der Waals surface area contributed by atoms with Crippen LogP contribution >= 0.6 is 11.6 Å². The van der Waals surface area contributed by atoms with E-state index in [4.69, 9.17) is 17.3 Å². The molecule has 0 aliphatic carbocycles. The smallest absolute Gasteiger partial charge is 0.255 e. The first-order valence-corrected chi connectivity index (χ1v) is 5.93. The van der Waals surface area contributed by atoms with Crippen LogP contribution in [0.25, 0.3) is 0 Å². The van der Waals surface area contributed by atoms with Crippen LogP contribution in [0.15, 0.2) is 30.9 Å². The fourth-order valence-corrected chi connectivity index (χ4v) is 1.78. The lowest BCUT2D eigenvalue weighted by molar-refractivity contribution is 0.0774.